The normalized spacial score (nSPS) is 15.7. The highest BCUT2D eigenvalue weighted by Crippen LogP contribution is 2.36. The molecule has 0 saturated carbocycles. The molecule has 2 aromatic rings. The first-order valence-corrected chi connectivity index (χ1v) is 14.6. The fraction of sp³-hybridized carbons (Fsp3) is 0.417. The monoisotopic (exact) mass is 592 g/mol. The van der Waals surface area contributed by atoms with E-state index in [0.717, 1.165) is 24.3 Å². The Kier molecular flexibility index (Phi) is 8.39. The second-order valence-electron chi connectivity index (χ2n) is 9.85. The lowest BCUT2D eigenvalue weighted by Gasteiger charge is -2.33. The Morgan fingerprint density at radius 3 is 1.97 bits per heavy atom. The maximum Gasteiger partial charge on any atom is 0.417 e. The molecule has 0 aliphatic carbocycles. The minimum absolute atomic E-state index is 0.0910. The number of rotatable bonds is 6. The number of nitrogens with zero attached hydrogens (tertiary/aromatic N) is 1. The van der Waals surface area contributed by atoms with Crippen LogP contribution in [-0.2, 0) is 30.8 Å². The van der Waals surface area contributed by atoms with Gasteiger partial charge in [-0.05, 0) is 76.1 Å². The van der Waals surface area contributed by atoms with Gasteiger partial charge in [0.1, 0.15) is 5.60 Å². The number of aromatic carboxylic acids is 1. The molecule has 1 saturated heterocycles. The van der Waals surface area contributed by atoms with Crippen LogP contribution in [0, 0.1) is 0 Å². The molecule has 0 unspecified atom stereocenters. The molecule has 10 nitrogen and oxygen atoms in total. The van der Waals surface area contributed by atoms with E-state index in [2.05, 4.69) is 4.72 Å². The molecular formula is C24H27F3N2O8S2. The molecule has 3 rings (SSSR count). The van der Waals surface area contributed by atoms with Gasteiger partial charge in [-0.3, -0.25) is 0 Å². The third-order valence-electron chi connectivity index (χ3n) is 5.74. The van der Waals surface area contributed by atoms with Crippen molar-refractivity contribution in [3.05, 3.63) is 53.6 Å². The molecule has 1 fully saturated rings. The minimum Gasteiger partial charge on any atom is -0.478 e. The fourth-order valence-corrected chi connectivity index (χ4v) is 6.75. The van der Waals surface area contributed by atoms with Crippen molar-refractivity contribution in [2.75, 3.05) is 13.1 Å². The van der Waals surface area contributed by atoms with Gasteiger partial charge in [0, 0.05) is 19.1 Å². The van der Waals surface area contributed by atoms with Crippen molar-refractivity contribution in [3.63, 3.8) is 0 Å². The zero-order chi connectivity index (χ0) is 29.4. The van der Waals surface area contributed by atoms with Gasteiger partial charge in [0.2, 0.25) is 19.9 Å². The second-order valence-corrected chi connectivity index (χ2v) is 13.5. The average Bonchev–Trinajstić information content (AvgIpc) is 2.82. The maximum atomic E-state index is 13.7. The topological polar surface area (TPSA) is 147 Å². The zero-order valence-corrected chi connectivity index (χ0v) is 22.8. The number of piperidine rings is 1. The molecule has 2 aromatic carbocycles. The number of alkyl halides is 3. The lowest BCUT2D eigenvalue weighted by Crippen LogP contribution is -2.47. The molecular weight excluding hydrogens is 565 g/mol. The third kappa shape index (κ3) is 7.28. The van der Waals surface area contributed by atoms with Crippen LogP contribution < -0.4 is 4.72 Å². The Morgan fingerprint density at radius 2 is 1.49 bits per heavy atom. The molecule has 15 heteroatoms. The number of hydrogen-bond acceptors (Lipinski definition) is 7. The summed E-state index contributed by atoms with van der Waals surface area (Å²) in [6.07, 6.45) is -5.53. The first-order chi connectivity index (χ1) is 17.8. The zero-order valence-electron chi connectivity index (χ0n) is 21.1. The third-order valence-corrected chi connectivity index (χ3v) is 9.07. The van der Waals surface area contributed by atoms with E-state index in [1.807, 2.05) is 0 Å². The maximum absolute atomic E-state index is 13.7. The van der Waals surface area contributed by atoms with Crippen LogP contribution in [0.25, 0.3) is 0 Å². The number of nitrogens with one attached hydrogen (secondary N) is 1. The van der Waals surface area contributed by atoms with E-state index < -0.39 is 70.0 Å². The van der Waals surface area contributed by atoms with Gasteiger partial charge in [-0.25, -0.2) is 31.1 Å². The quantitative estimate of drug-likeness (QED) is 0.513. The molecule has 0 aromatic heterocycles. The van der Waals surface area contributed by atoms with Gasteiger partial charge in [0.15, 0.2) is 0 Å². The first kappa shape index (κ1) is 30.4. The SMILES string of the molecule is CC(C)(C)OC(=O)N1CCC(NS(=O)(=O)c2cc(S(=O)(=O)c3ccc(C(=O)O)cc3)ccc2C(F)(F)F)CC1. The van der Waals surface area contributed by atoms with Crippen molar-refractivity contribution in [2.24, 2.45) is 0 Å². The number of hydrogen-bond donors (Lipinski definition) is 2. The predicted octanol–water partition coefficient (Wildman–Crippen LogP) is 3.91. The van der Waals surface area contributed by atoms with E-state index in [-0.39, 0.29) is 31.5 Å². The highest BCUT2D eigenvalue weighted by molar-refractivity contribution is 7.91. The largest absolute Gasteiger partial charge is 0.478 e. The Balaban J connectivity index is 1.90. The number of carboxylic acid groups (broad SMARTS) is 1. The number of carbonyl (C=O) groups is 2. The van der Waals surface area contributed by atoms with Crippen molar-refractivity contribution in [1.29, 1.82) is 0 Å². The fourth-order valence-electron chi connectivity index (χ4n) is 3.83. The summed E-state index contributed by atoms with van der Waals surface area (Å²) in [6, 6.07) is 4.55. The minimum atomic E-state index is -5.12. The smallest absolute Gasteiger partial charge is 0.417 e. The van der Waals surface area contributed by atoms with Crippen LogP contribution in [0.3, 0.4) is 0 Å². The van der Waals surface area contributed by atoms with E-state index in [1.54, 1.807) is 20.8 Å². The van der Waals surface area contributed by atoms with Gasteiger partial charge in [-0.2, -0.15) is 13.2 Å². The van der Waals surface area contributed by atoms with Crippen LogP contribution in [0.1, 0.15) is 49.5 Å². The Bertz CT molecular complexity index is 1460. The summed E-state index contributed by atoms with van der Waals surface area (Å²) in [4.78, 5) is 22.2. The van der Waals surface area contributed by atoms with Crippen molar-refractivity contribution in [2.45, 2.75) is 66.1 Å². The molecule has 1 heterocycles. The molecule has 0 bridgehead atoms. The summed E-state index contributed by atoms with van der Waals surface area (Å²) < 4.78 is 101. The second kappa shape index (κ2) is 10.8. The predicted molar refractivity (Wildman–Crippen MR) is 131 cm³/mol. The van der Waals surface area contributed by atoms with Gasteiger partial charge in [0.05, 0.1) is 25.8 Å². The molecule has 2 N–H and O–H groups in total. The van der Waals surface area contributed by atoms with Crippen LogP contribution in [0.15, 0.2) is 57.2 Å². The molecule has 0 spiro atoms. The molecule has 1 amide bonds. The number of likely N-dealkylation sites (tertiary alicyclic amines) is 1. The van der Waals surface area contributed by atoms with Crippen molar-refractivity contribution < 1.29 is 49.4 Å². The van der Waals surface area contributed by atoms with Crippen LogP contribution in [0.4, 0.5) is 18.0 Å². The van der Waals surface area contributed by atoms with E-state index >= 15 is 0 Å². The van der Waals surface area contributed by atoms with E-state index in [1.165, 1.54) is 4.90 Å². The van der Waals surface area contributed by atoms with E-state index in [0.29, 0.717) is 18.2 Å². The Hall–Kier alpha value is -3.17. The molecule has 214 valence electrons. The number of sulfone groups is 1. The van der Waals surface area contributed by atoms with Crippen LogP contribution in [-0.4, -0.2) is 63.6 Å². The van der Waals surface area contributed by atoms with E-state index in [4.69, 9.17) is 9.84 Å². The summed E-state index contributed by atoms with van der Waals surface area (Å²) in [6.45, 7) is 5.24. The van der Waals surface area contributed by atoms with Crippen molar-refractivity contribution in [3.8, 4) is 0 Å². The number of carbonyl (C=O) groups excluding carboxylic acids is 1. The lowest BCUT2D eigenvalue weighted by atomic mass is 10.1. The number of benzene rings is 2. The number of amides is 1. The van der Waals surface area contributed by atoms with Crippen LogP contribution >= 0.6 is 0 Å². The molecule has 1 aliphatic rings. The number of halogens is 3. The van der Waals surface area contributed by atoms with Crippen molar-refractivity contribution >= 4 is 31.9 Å². The summed E-state index contributed by atoms with van der Waals surface area (Å²) in [7, 11) is -9.37. The summed E-state index contributed by atoms with van der Waals surface area (Å²) in [5, 5.41) is 8.99. The summed E-state index contributed by atoms with van der Waals surface area (Å²) >= 11 is 0. The first-order valence-electron chi connectivity index (χ1n) is 11.6. The van der Waals surface area contributed by atoms with Gasteiger partial charge in [-0.15, -0.1) is 0 Å². The molecule has 0 atom stereocenters. The van der Waals surface area contributed by atoms with Crippen LogP contribution in [0.2, 0.25) is 0 Å². The van der Waals surface area contributed by atoms with Crippen LogP contribution in [0.5, 0.6) is 0 Å². The number of carboxylic acids is 1. The molecule has 39 heavy (non-hydrogen) atoms. The van der Waals surface area contributed by atoms with Gasteiger partial charge in [-0.1, -0.05) is 0 Å². The highest BCUT2D eigenvalue weighted by atomic mass is 32.2. The average molecular weight is 593 g/mol. The Labute approximate surface area is 223 Å². The van der Waals surface area contributed by atoms with Gasteiger partial charge >= 0.3 is 18.2 Å². The van der Waals surface area contributed by atoms with Gasteiger partial charge in [0.25, 0.3) is 0 Å². The molecule has 1 aliphatic heterocycles. The summed E-state index contributed by atoms with van der Waals surface area (Å²) in [5.74, 6) is -1.31. The Morgan fingerprint density at radius 1 is 0.949 bits per heavy atom. The highest BCUT2D eigenvalue weighted by Gasteiger charge is 2.39. The van der Waals surface area contributed by atoms with Crippen molar-refractivity contribution in [1.82, 2.24) is 9.62 Å². The number of sulfonamides is 1. The molecule has 0 radical (unpaired) electrons. The van der Waals surface area contributed by atoms with Gasteiger partial charge < -0.3 is 14.7 Å². The van der Waals surface area contributed by atoms with E-state index in [9.17, 15) is 39.6 Å². The summed E-state index contributed by atoms with van der Waals surface area (Å²) in [5.41, 5.74) is -2.51. The lowest BCUT2D eigenvalue weighted by molar-refractivity contribution is -0.140. The standard InChI is InChI=1S/C24H27F3N2O8S2/c1-23(2,3)37-22(32)29-12-10-16(11-13-29)28-39(35,36)20-14-18(8-9-19(20)24(25,26)27)38(33,34)17-6-4-15(5-7-17)21(30)31/h4-9,14,16,28H,10-13H2,1-3H3,(H,30,31). The number of ether oxygens (including phenoxy) is 1.